The van der Waals surface area contributed by atoms with Crippen molar-refractivity contribution in [3.63, 3.8) is 0 Å². The lowest BCUT2D eigenvalue weighted by molar-refractivity contribution is 0.0402. The standard InChI is InChI=1S/C10H23N3/c1-8(5-11)13-6-9(2)12(4)10(3)7-13/h8-10H,5-7,11H2,1-4H3. The molecule has 1 fully saturated rings. The smallest absolute Gasteiger partial charge is 0.0195 e. The minimum Gasteiger partial charge on any atom is -0.329 e. The third kappa shape index (κ3) is 2.42. The summed E-state index contributed by atoms with van der Waals surface area (Å²) < 4.78 is 0. The van der Waals surface area contributed by atoms with Crippen LogP contribution in [0.5, 0.6) is 0 Å². The second kappa shape index (κ2) is 4.40. The molecule has 3 atom stereocenters. The van der Waals surface area contributed by atoms with E-state index in [1.807, 2.05) is 0 Å². The number of piperazine rings is 1. The monoisotopic (exact) mass is 185 g/mol. The molecule has 1 aliphatic rings. The van der Waals surface area contributed by atoms with E-state index in [1.165, 1.54) is 0 Å². The van der Waals surface area contributed by atoms with Crippen LogP contribution in [-0.4, -0.2) is 54.6 Å². The predicted octanol–water partition coefficient (Wildman–Crippen LogP) is 0.358. The van der Waals surface area contributed by atoms with Crippen molar-refractivity contribution in [1.29, 1.82) is 0 Å². The lowest BCUT2D eigenvalue weighted by Gasteiger charge is -2.44. The van der Waals surface area contributed by atoms with Gasteiger partial charge in [0.05, 0.1) is 0 Å². The quantitative estimate of drug-likeness (QED) is 0.674. The van der Waals surface area contributed by atoms with Crippen molar-refractivity contribution >= 4 is 0 Å². The summed E-state index contributed by atoms with van der Waals surface area (Å²) in [7, 11) is 2.21. The molecule has 0 aromatic rings. The van der Waals surface area contributed by atoms with E-state index in [0.29, 0.717) is 18.1 Å². The van der Waals surface area contributed by atoms with Crippen molar-refractivity contribution in [2.24, 2.45) is 5.73 Å². The van der Waals surface area contributed by atoms with Gasteiger partial charge in [-0.25, -0.2) is 0 Å². The van der Waals surface area contributed by atoms with E-state index in [2.05, 4.69) is 37.6 Å². The lowest BCUT2D eigenvalue weighted by atomic mass is 10.1. The zero-order valence-corrected chi connectivity index (χ0v) is 9.33. The van der Waals surface area contributed by atoms with Crippen molar-refractivity contribution in [3.8, 4) is 0 Å². The van der Waals surface area contributed by atoms with Gasteiger partial charge in [-0.1, -0.05) is 0 Å². The number of likely N-dealkylation sites (N-methyl/N-ethyl adjacent to an activating group) is 1. The van der Waals surface area contributed by atoms with Crippen molar-refractivity contribution < 1.29 is 0 Å². The van der Waals surface area contributed by atoms with E-state index < -0.39 is 0 Å². The molecule has 0 radical (unpaired) electrons. The molecule has 3 unspecified atom stereocenters. The normalized spacial score (nSPS) is 34.8. The molecule has 0 amide bonds. The van der Waals surface area contributed by atoms with Crippen LogP contribution in [0.3, 0.4) is 0 Å². The molecule has 0 saturated carbocycles. The second-order valence-electron chi connectivity index (χ2n) is 4.40. The average Bonchev–Trinajstić information content (AvgIpc) is 2.12. The molecule has 78 valence electrons. The van der Waals surface area contributed by atoms with Gasteiger partial charge < -0.3 is 5.73 Å². The van der Waals surface area contributed by atoms with E-state index in [1.54, 1.807) is 0 Å². The van der Waals surface area contributed by atoms with Gasteiger partial charge in [0.15, 0.2) is 0 Å². The van der Waals surface area contributed by atoms with E-state index in [4.69, 9.17) is 5.73 Å². The maximum atomic E-state index is 5.67. The molecule has 1 rings (SSSR count). The van der Waals surface area contributed by atoms with Crippen LogP contribution in [0.15, 0.2) is 0 Å². The Labute approximate surface area is 81.9 Å². The summed E-state index contributed by atoms with van der Waals surface area (Å²) in [5, 5.41) is 0. The highest BCUT2D eigenvalue weighted by molar-refractivity contribution is 4.85. The largest absolute Gasteiger partial charge is 0.329 e. The van der Waals surface area contributed by atoms with Crippen molar-refractivity contribution in [2.45, 2.75) is 38.9 Å². The summed E-state index contributed by atoms with van der Waals surface area (Å²) in [6, 6.07) is 1.83. The van der Waals surface area contributed by atoms with Crippen LogP contribution < -0.4 is 5.73 Å². The molecule has 1 aliphatic heterocycles. The summed E-state index contributed by atoms with van der Waals surface area (Å²) in [5.74, 6) is 0. The molecular weight excluding hydrogens is 162 g/mol. The predicted molar refractivity (Wildman–Crippen MR) is 56.8 cm³/mol. The first kappa shape index (κ1) is 11.0. The highest BCUT2D eigenvalue weighted by atomic mass is 15.3. The highest BCUT2D eigenvalue weighted by Gasteiger charge is 2.28. The van der Waals surface area contributed by atoms with Crippen LogP contribution in [0.4, 0.5) is 0 Å². The average molecular weight is 185 g/mol. The molecule has 0 bridgehead atoms. The van der Waals surface area contributed by atoms with Gasteiger partial charge in [0.2, 0.25) is 0 Å². The lowest BCUT2D eigenvalue weighted by Crippen LogP contribution is -2.58. The van der Waals surface area contributed by atoms with Gasteiger partial charge in [0, 0.05) is 37.8 Å². The van der Waals surface area contributed by atoms with E-state index in [-0.39, 0.29) is 0 Å². The first-order valence-electron chi connectivity index (χ1n) is 5.22. The van der Waals surface area contributed by atoms with Gasteiger partial charge in [-0.05, 0) is 27.8 Å². The summed E-state index contributed by atoms with van der Waals surface area (Å²) >= 11 is 0. The maximum absolute atomic E-state index is 5.67. The van der Waals surface area contributed by atoms with Crippen LogP contribution in [0.1, 0.15) is 20.8 Å². The molecule has 0 spiro atoms. The Morgan fingerprint density at radius 1 is 1.31 bits per heavy atom. The van der Waals surface area contributed by atoms with Crippen LogP contribution in [0.2, 0.25) is 0 Å². The fraction of sp³-hybridized carbons (Fsp3) is 1.00. The Hall–Kier alpha value is -0.120. The molecule has 0 aliphatic carbocycles. The Kier molecular flexibility index (Phi) is 3.71. The SMILES string of the molecule is CC(CN)N1CC(C)N(C)C(C)C1. The van der Waals surface area contributed by atoms with Crippen molar-refractivity contribution in [1.82, 2.24) is 9.80 Å². The van der Waals surface area contributed by atoms with Gasteiger partial charge in [-0.2, -0.15) is 0 Å². The third-order valence-corrected chi connectivity index (χ3v) is 3.35. The fourth-order valence-corrected chi connectivity index (χ4v) is 1.95. The number of hydrogen-bond donors (Lipinski definition) is 1. The third-order valence-electron chi connectivity index (χ3n) is 3.35. The van der Waals surface area contributed by atoms with Crippen LogP contribution >= 0.6 is 0 Å². The molecule has 13 heavy (non-hydrogen) atoms. The molecule has 1 saturated heterocycles. The first-order chi connectivity index (χ1) is 6.06. The maximum Gasteiger partial charge on any atom is 0.0195 e. The number of nitrogens with two attached hydrogens (primary N) is 1. The molecule has 1 heterocycles. The Morgan fingerprint density at radius 2 is 1.77 bits per heavy atom. The molecule has 0 aromatic carbocycles. The summed E-state index contributed by atoms with van der Waals surface area (Å²) in [6.07, 6.45) is 0. The van der Waals surface area contributed by atoms with E-state index in [9.17, 15) is 0 Å². The second-order valence-corrected chi connectivity index (χ2v) is 4.40. The number of hydrogen-bond acceptors (Lipinski definition) is 3. The van der Waals surface area contributed by atoms with Gasteiger partial charge >= 0.3 is 0 Å². The minimum absolute atomic E-state index is 0.526. The molecule has 0 aromatic heterocycles. The highest BCUT2D eigenvalue weighted by Crippen LogP contribution is 2.14. The Balaban J connectivity index is 2.53. The molecule has 2 N–H and O–H groups in total. The van der Waals surface area contributed by atoms with Crippen LogP contribution in [0.25, 0.3) is 0 Å². The Morgan fingerprint density at radius 3 is 2.15 bits per heavy atom. The first-order valence-corrected chi connectivity index (χ1v) is 5.22. The van der Waals surface area contributed by atoms with Crippen molar-refractivity contribution in [2.75, 3.05) is 26.7 Å². The summed E-state index contributed by atoms with van der Waals surface area (Å²) in [6.45, 7) is 9.85. The molecular formula is C10H23N3. The topological polar surface area (TPSA) is 32.5 Å². The van der Waals surface area contributed by atoms with Gasteiger partial charge in [0.25, 0.3) is 0 Å². The van der Waals surface area contributed by atoms with Gasteiger partial charge in [-0.3, -0.25) is 9.80 Å². The zero-order chi connectivity index (χ0) is 10.0. The Bertz CT molecular complexity index is 148. The number of nitrogens with zero attached hydrogens (tertiary/aromatic N) is 2. The minimum atomic E-state index is 0.526. The molecule has 3 nitrogen and oxygen atoms in total. The fourth-order valence-electron chi connectivity index (χ4n) is 1.95. The van der Waals surface area contributed by atoms with Crippen LogP contribution in [0, 0.1) is 0 Å². The zero-order valence-electron chi connectivity index (χ0n) is 9.33. The van der Waals surface area contributed by atoms with E-state index in [0.717, 1.165) is 19.6 Å². The summed E-state index contributed by atoms with van der Waals surface area (Å²) in [5.41, 5.74) is 5.67. The van der Waals surface area contributed by atoms with Gasteiger partial charge in [-0.15, -0.1) is 0 Å². The summed E-state index contributed by atoms with van der Waals surface area (Å²) in [4.78, 5) is 4.94. The van der Waals surface area contributed by atoms with Crippen LogP contribution in [-0.2, 0) is 0 Å². The van der Waals surface area contributed by atoms with E-state index >= 15 is 0 Å². The molecule has 3 heteroatoms. The number of rotatable bonds is 2. The van der Waals surface area contributed by atoms with Crippen molar-refractivity contribution in [3.05, 3.63) is 0 Å². The van der Waals surface area contributed by atoms with Gasteiger partial charge in [0.1, 0.15) is 0 Å².